The molecule has 3 rings (SSSR count). The molecule has 0 aliphatic carbocycles. The summed E-state index contributed by atoms with van der Waals surface area (Å²) in [4.78, 5) is 28.3. The lowest BCUT2D eigenvalue weighted by Gasteiger charge is -2.31. The number of hydrogen-bond acceptors (Lipinski definition) is 5. The topological polar surface area (TPSA) is 59.0 Å². The van der Waals surface area contributed by atoms with Crippen LogP contribution >= 0.6 is 11.3 Å². The van der Waals surface area contributed by atoms with Crippen molar-refractivity contribution in [3.63, 3.8) is 0 Å². The van der Waals surface area contributed by atoms with Crippen molar-refractivity contribution in [2.75, 3.05) is 13.1 Å². The van der Waals surface area contributed by atoms with Crippen LogP contribution in [0, 0.1) is 13.8 Å². The van der Waals surface area contributed by atoms with Gasteiger partial charge >= 0.3 is 0 Å². The van der Waals surface area contributed by atoms with Crippen LogP contribution in [-0.4, -0.2) is 38.8 Å². The Bertz CT molecular complexity index is 621. The largest absolute Gasteiger partial charge is 0.335 e. The van der Waals surface area contributed by atoms with E-state index in [0.29, 0.717) is 12.5 Å². The van der Waals surface area contributed by atoms with Gasteiger partial charge in [-0.1, -0.05) is 0 Å². The summed E-state index contributed by atoms with van der Waals surface area (Å²) < 4.78 is 0. The van der Waals surface area contributed by atoms with Gasteiger partial charge in [0.15, 0.2) is 0 Å². The summed E-state index contributed by atoms with van der Waals surface area (Å²) in [5.41, 5.74) is 1.10. The van der Waals surface area contributed by atoms with Crippen molar-refractivity contribution in [3.05, 3.63) is 39.9 Å². The average molecular weight is 302 g/mol. The van der Waals surface area contributed by atoms with Gasteiger partial charge in [-0.15, -0.1) is 11.3 Å². The SMILES string of the molecule is Cc1nc([C@@H]2CCCN(C(=O)c3ncccn3)C2)sc1C. The second-order valence-electron chi connectivity index (χ2n) is 5.36. The third-order valence-electron chi connectivity index (χ3n) is 3.86. The van der Waals surface area contributed by atoms with E-state index in [9.17, 15) is 4.79 Å². The first-order valence-electron chi connectivity index (χ1n) is 7.15. The molecule has 0 unspecified atom stereocenters. The van der Waals surface area contributed by atoms with E-state index in [2.05, 4.69) is 21.9 Å². The minimum absolute atomic E-state index is 0.0784. The van der Waals surface area contributed by atoms with Crippen LogP contribution < -0.4 is 0 Å². The molecule has 1 amide bonds. The monoisotopic (exact) mass is 302 g/mol. The van der Waals surface area contributed by atoms with Gasteiger partial charge in [0, 0.05) is 36.3 Å². The van der Waals surface area contributed by atoms with Crippen LogP contribution in [-0.2, 0) is 0 Å². The van der Waals surface area contributed by atoms with Gasteiger partial charge < -0.3 is 4.90 Å². The van der Waals surface area contributed by atoms with Gasteiger partial charge in [0.05, 0.1) is 10.7 Å². The van der Waals surface area contributed by atoms with Gasteiger partial charge in [-0.25, -0.2) is 15.0 Å². The third-order valence-corrected chi connectivity index (χ3v) is 5.10. The molecular weight excluding hydrogens is 284 g/mol. The van der Waals surface area contributed by atoms with E-state index in [1.807, 2.05) is 11.8 Å². The third kappa shape index (κ3) is 2.95. The Labute approximate surface area is 128 Å². The van der Waals surface area contributed by atoms with Crippen LogP contribution in [0.3, 0.4) is 0 Å². The number of carbonyl (C=O) groups excluding carboxylic acids is 1. The zero-order valence-corrected chi connectivity index (χ0v) is 13.1. The summed E-state index contributed by atoms with van der Waals surface area (Å²) in [6.45, 7) is 5.62. The van der Waals surface area contributed by atoms with Gasteiger partial charge in [0.1, 0.15) is 0 Å². The molecule has 0 N–H and O–H groups in total. The second-order valence-corrected chi connectivity index (χ2v) is 6.59. The van der Waals surface area contributed by atoms with Gasteiger partial charge in [-0.05, 0) is 32.8 Å². The predicted molar refractivity (Wildman–Crippen MR) is 81.5 cm³/mol. The lowest BCUT2D eigenvalue weighted by atomic mass is 9.98. The van der Waals surface area contributed by atoms with Gasteiger partial charge in [0.2, 0.25) is 5.82 Å². The Balaban J connectivity index is 1.75. The van der Waals surface area contributed by atoms with Crippen LogP contribution in [0.1, 0.15) is 45.0 Å². The number of likely N-dealkylation sites (tertiary alicyclic amines) is 1. The fourth-order valence-corrected chi connectivity index (χ4v) is 3.63. The molecule has 3 heterocycles. The molecule has 21 heavy (non-hydrogen) atoms. The van der Waals surface area contributed by atoms with Crippen molar-refractivity contribution in [2.24, 2.45) is 0 Å². The van der Waals surface area contributed by atoms with Gasteiger partial charge in [0.25, 0.3) is 5.91 Å². The van der Waals surface area contributed by atoms with Crippen molar-refractivity contribution >= 4 is 17.2 Å². The lowest BCUT2D eigenvalue weighted by molar-refractivity contribution is 0.0694. The number of rotatable bonds is 2. The quantitative estimate of drug-likeness (QED) is 0.855. The van der Waals surface area contributed by atoms with Crippen LogP contribution in [0.25, 0.3) is 0 Å². The minimum Gasteiger partial charge on any atom is -0.335 e. The van der Waals surface area contributed by atoms with E-state index in [1.165, 1.54) is 4.88 Å². The highest BCUT2D eigenvalue weighted by atomic mass is 32.1. The van der Waals surface area contributed by atoms with Crippen LogP contribution in [0.5, 0.6) is 0 Å². The number of aryl methyl sites for hydroxylation is 2. The van der Waals surface area contributed by atoms with Crippen molar-refractivity contribution in [3.8, 4) is 0 Å². The Kier molecular flexibility index (Phi) is 3.96. The smallest absolute Gasteiger partial charge is 0.291 e. The molecule has 2 aromatic rings. The molecule has 0 saturated carbocycles. The molecule has 1 aliphatic rings. The molecule has 6 heteroatoms. The molecule has 0 bridgehead atoms. The van der Waals surface area contributed by atoms with Crippen LogP contribution in [0.4, 0.5) is 0 Å². The number of carbonyl (C=O) groups is 1. The maximum Gasteiger partial charge on any atom is 0.291 e. The zero-order chi connectivity index (χ0) is 14.8. The summed E-state index contributed by atoms with van der Waals surface area (Å²) in [6.07, 6.45) is 5.30. The van der Waals surface area contributed by atoms with E-state index < -0.39 is 0 Å². The van der Waals surface area contributed by atoms with Crippen molar-refractivity contribution in [1.82, 2.24) is 19.9 Å². The van der Waals surface area contributed by atoms with Crippen molar-refractivity contribution < 1.29 is 4.79 Å². The fraction of sp³-hybridized carbons (Fsp3) is 0.467. The van der Waals surface area contributed by atoms with E-state index in [1.54, 1.807) is 29.8 Å². The highest BCUT2D eigenvalue weighted by Gasteiger charge is 2.28. The molecule has 0 spiro atoms. The normalized spacial score (nSPS) is 18.8. The Morgan fingerprint density at radius 3 is 2.76 bits per heavy atom. The molecule has 1 fully saturated rings. The molecule has 1 atom stereocenters. The number of aromatic nitrogens is 3. The standard InChI is InChI=1S/C15H18N4OS/c1-10-11(2)21-14(18-10)12-5-3-8-19(9-12)15(20)13-16-6-4-7-17-13/h4,6-7,12H,3,5,8-9H2,1-2H3/t12-/m1/s1. The molecule has 1 saturated heterocycles. The summed E-state index contributed by atoms with van der Waals surface area (Å²) in [6, 6.07) is 1.72. The first-order chi connectivity index (χ1) is 10.1. The van der Waals surface area contributed by atoms with Gasteiger partial charge in [-0.3, -0.25) is 4.79 Å². The molecule has 2 aromatic heterocycles. The fourth-order valence-electron chi connectivity index (χ4n) is 2.59. The average Bonchev–Trinajstić information content (AvgIpc) is 2.87. The highest BCUT2D eigenvalue weighted by molar-refractivity contribution is 7.11. The molecule has 0 aromatic carbocycles. The molecule has 5 nitrogen and oxygen atoms in total. The van der Waals surface area contributed by atoms with E-state index >= 15 is 0 Å². The number of hydrogen-bond donors (Lipinski definition) is 0. The van der Waals surface area contributed by atoms with E-state index in [-0.39, 0.29) is 11.7 Å². The zero-order valence-electron chi connectivity index (χ0n) is 12.2. The summed E-state index contributed by atoms with van der Waals surface area (Å²) in [7, 11) is 0. The highest BCUT2D eigenvalue weighted by Crippen LogP contribution is 2.31. The Hall–Kier alpha value is -1.82. The van der Waals surface area contributed by atoms with Crippen molar-refractivity contribution in [1.29, 1.82) is 0 Å². The molecule has 110 valence electrons. The number of amides is 1. The Morgan fingerprint density at radius 1 is 1.33 bits per heavy atom. The maximum atomic E-state index is 12.4. The summed E-state index contributed by atoms with van der Waals surface area (Å²) in [5, 5.41) is 1.15. The van der Waals surface area contributed by atoms with Gasteiger partial charge in [-0.2, -0.15) is 0 Å². The molecular formula is C15H18N4OS. The first-order valence-corrected chi connectivity index (χ1v) is 7.97. The molecule has 0 radical (unpaired) electrons. The summed E-state index contributed by atoms with van der Waals surface area (Å²) in [5.74, 6) is 0.541. The number of nitrogens with zero attached hydrogens (tertiary/aromatic N) is 4. The van der Waals surface area contributed by atoms with Crippen molar-refractivity contribution in [2.45, 2.75) is 32.6 Å². The maximum absolute atomic E-state index is 12.4. The number of piperidine rings is 1. The minimum atomic E-state index is -0.0784. The van der Waals surface area contributed by atoms with Crippen LogP contribution in [0.2, 0.25) is 0 Å². The molecule has 1 aliphatic heterocycles. The predicted octanol–water partition coefficient (Wildman–Crippen LogP) is 2.57. The Morgan fingerprint density at radius 2 is 2.10 bits per heavy atom. The van der Waals surface area contributed by atoms with Crippen LogP contribution in [0.15, 0.2) is 18.5 Å². The van der Waals surface area contributed by atoms with E-state index in [0.717, 1.165) is 30.1 Å². The second kappa shape index (κ2) is 5.89. The lowest BCUT2D eigenvalue weighted by Crippen LogP contribution is -2.39. The van der Waals surface area contributed by atoms with E-state index in [4.69, 9.17) is 0 Å². The number of thiazole rings is 1. The summed E-state index contributed by atoms with van der Waals surface area (Å²) >= 11 is 1.75. The first kappa shape index (κ1) is 14.1.